The number of ether oxygens (including phenoxy) is 1. The Morgan fingerprint density at radius 1 is 1.06 bits per heavy atom. The van der Waals surface area contributed by atoms with Crippen molar-refractivity contribution in [2.24, 2.45) is 0 Å². The van der Waals surface area contributed by atoms with Crippen molar-refractivity contribution in [2.75, 3.05) is 24.6 Å². The summed E-state index contributed by atoms with van der Waals surface area (Å²) in [6, 6.07) is 4.69. The van der Waals surface area contributed by atoms with Crippen molar-refractivity contribution in [3.63, 3.8) is 0 Å². The van der Waals surface area contributed by atoms with Crippen LogP contribution < -0.4 is 4.90 Å². The molecule has 0 N–H and O–H groups in total. The van der Waals surface area contributed by atoms with Gasteiger partial charge in [0.15, 0.2) is 0 Å². The van der Waals surface area contributed by atoms with Crippen molar-refractivity contribution in [2.45, 2.75) is 38.1 Å². The molecule has 1 saturated heterocycles. The monoisotopic (exact) mass is 481 g/mol. The van der Waals surface area contributed by atoms with E-state index in [-0.39, 0.29) is 6.10 Å². The zero-order valence-corrected chi connectivity index (χ0v) is 18.9. The molecule has 0 amide bonds. The van der Waals surface area contributed by atoms with Crippen LogP contribution in [-0.4, -0.2) is 49.4 Å². The second-order valence-electron chi connectivity index (χ2n) is 8.93. The molecule has 1 aliphatic carbocycles. The average Bonchev–Trinajstić information content (AvgIpc) is 3.59. The second kappa shape index (κ2) is 8.26. The van der Waals surface area contributed by atoms with Crippen LogP contribution in [0.25, 0.3) is 22.3 Å². The van der Waals surface area contributed by atoms with E-state index >= 15 is 0 Å². The van der Waals surface area contributed by atoms with E-state index in [1.807, 2.05) is 30.1 Å². The van der Waals surface area contributed by atoms with Gasteiger partial charge in [-0.15, -0.1) is 0 Å². The fourth-order valence-electron chi connectivity index (χ4n) is 4.28. The molecule has 4 aromatic rings. The summed E-state index contributed by atoms with van der Waals surface area (Å²) >= 11 is 0. The lowest BCUT2D eigenvalue weighted by Gasteiger charge is -2.33. The van der Waals surface area contributed by atoms with Gasteiger partial charge in [0.1, 0.15) is 28.8 Å². The molecule has 1 atom stereocenters. The van der Waals surface area contributed by atoms with Crippen LogP contribution in [0.4, 0.5) is 19.0 Å². The number of rotatable bonds is 4. The third-order valence-electron chi connectivity index (χ3n) is 6.27. The quantitative estimate of drug-likeness (QED) is 0.424. The Labute approximate surface area is 198 Å². The first-order chi connectivity index (χ1) is 16.8. The first-order valence-corrected chi connectivity index (χ1v) is 11.4. The summed E-state index contributed by atoms with van der Waals surface area (Å²) in [6.07, 6.45) is 4.35. The molecule has 6 rings (SSSR count). The maximum Gasteiger partial charge on any atom is 0.433 e. The van der Waals surface area contributed by atoms with Gasteiger partial charge in [0, 0.05) is 48.9 Å². The Kier molecular flexibility index (Phi) is 5.17. The maximum atomic E-state index is 13.0. The van der Waals surface area contributed by atoms with Crippen molar-refractivity contribution >= 4 is 16.9 Å². The van der Waals surface area contributed by atoms with Crippen LogP contribution in [0.15, 0.2) is 43.0 Å². The van der Waals surface area contributed by atoms with Crippen molar-refractivity contribution in [1.82, 2.24) is 29.7 Å². The molecule has 11 heteroatoms. The predicted molar refractivity (Wildman–Crippen MR) is 122 cm³/mol. The van der Waals surface area contributed by atoms with E-state index in [0.717, 1.165) is 30.2 Å². The molecule has 180 valence electrons. The third-order valence-corrected chi connectivity index (χ3v) is 6.27. The number of alkyl halides is 3. The number of hydrogen-bond donors (Lipinski definition) is 0. The van der Waals surface area contributed by atoms with Crippen LogP contribution >= 0.6 is 0 Å². The molecule has 2 aliphatic rings. The van der Waals surface area contributed by atoms with Gasteiger partial charge in [-0.05, 0) is 31.9 Å². The number of anilines is 1. The van der Waals surface area contributed by atoms with Crippen LogP contribution in [-0.2, 0) is 10.9 Å². The van der Waals surface area contributed by atoms with Crippen LogP contribution in [0, 0.1) is 6.92 Å². The maximum absolute atomic E-state index is 13.0. The molecule has 1 saturated carbocycles. The van der Waals surface area contributed by atoms with Gasteiger partial charge >= 0.3 is 6.18 Å². The van der Waals surface area contributed by atoms with Crippen LogP contribution in [0.2, 0.25) is 0 Å². The van der Waals surface area contributed by atoms with Gasteiger partial charge < -0.3 is 9.64 Å². The number of halogens is 3. The zero-order valence-electron chi connectivity index (χ0n) is 18.9. The predicted octanol–water partition coefficient (Wildman–Crippen LogP) is 4.52. The molecule has 1 aliphatic heterocycles. The van der Waals surface area contributed by atoms with E-state index in [0.29, 0.717) is 53.8 Å². The van der Waals surface area contributed by atoms with Gasteiger partial charge in [0.05, 0.1) is 30.1 Å². The summed E-state index contributed by atoms with van der Waals surface area (Å²) in [4.78, 5) is 19.6. The van der Waals surface area contributed by atoms with Gasteiger partial charge in [0.25, 0.3) is 0 Å². The van der Waals surface area contributed by atoms with Gasteiger partial charge in [-0.3, -0.25) is 14.6 Å². The number of aromatic nitrogens is 6. The highest BCUT2D eigenvalue weighted by molar-refractivity contribution is 5.91. The summed E-state index contributed by atoms with van der Waals surface area (Å²) < 4.78 is 47.1. The lowest BCUT2D eigenvalue weighted by Crippen LogP contribution is -2.38. The van der Waals surface area contributed by atoms with E-state index in [4.69, 9.17) is 9.72 Å². The SMILES string of the molecule is Cc1cnc2c(-c3ccc(C(F)(F)F)nc3)nc(N3CCOC(c4cnn(C5CC5)c4)C3)cc2n1. The summed E-state index contributed by atoms with van der Waals surface area (Å²) in [5.41, 5.74) is 2.82. The van der Waals surface area contributed by atoms with Gasteiger partial charge in [-0.2, -0.15) is 18.3 Å². The molecular formula is C24H22F3N7O. The largest absolute Gasteiger partial charge is 0.433 e. The van der Waals surface area contributed by atoms with Crippen LogP contribution in [0.5, 0.6) is 0 Å². The molecule has 0 aromatic carbocycles. The smallest absolute Gasteiger partial charge is 0.370 e. The molecule has 4 aromatic heterocycles. The Morgan fingerprint density at radius 3 is 2.66 bits per heavy atom. The number of pyridine rings is 2. The normalized spacial score (nSPS) is 18.9. The van der Waals surface area contributed by atoms with Crippen molar-refractivity contribution in [1.29, 1.82) is 0 Å². The van der Waals surface area contributed by atoms with E-state index < -0.39 is 11.9 Å². The summed E-state index contributed by atoms with van der Waals surface area (Å²) in [5, 5.41) is 4.48. The molecule has 35 heavy (non-hydrogen) atoms. The number of aryl methyl sites for hydroxylation is 1. The van der Waals surface area contributed by atoms with Crippen molar-refractivity contribution in [3.8, 4) is 11.3 Å². The molecule has 0 bridgehead atoms. The minimum atomic E-state index is -4.51. The van der Waals surface area contributed by atoms with E-state index in [2.05, 4.69) is 25.0 Å². The average molecular weight is 481 g/mol. The zero-order chi connectivity index (χ0) is 24.2. The molecule has 5 heterocycles. The molecular weight excluding hydrogens is 459 g/mol. The van der Waals surface area contributed by atoms with Crippen molar-refractivity contribution in [3.05, 3.63) is 59.9 Å². The topological polar surface area (TPSA) is 81.9 Å². The summed E-state index contributed by atoms with van der Waals surface area (Å²) in [7, 11) is 0. The lowest BCUT2D eigenvalue weighted by atomic mass is 10.1. The van der Waals surface area contributed by atoms with E-state index in [1.54, 1.807) is 6.20 Å². The van der Waals surface area contributed by atoms with E-state index in [9.17, 15) is 13.2 Å². The Hall–Kier alpha value is -3.60. The highest BCUT2D eigenvalue weighted by Gasteiger charge is 2.32. The number of morpholine rings is 1. The van der Waals surface area contributed by atoms with E-state index in [1.165, 1.54) is 12.3 Å². The van der Waals surface area contributed by atoms with Crippen LogP contribution in [0.1, 0.15) is 41.9 Å². The van der Waals surface area contributed by atoms with Gasteiger partial charge in [0.2, 0.25) is 0 Å². The Morgan fingerprint density at radius 2 is 1.91 bits per heavy atom. The molecule has 8 nitrogen and oxygen atoms in total. The highest BCUT2D eigenvalue weighted by Crippen LogP contribution is 2.36. The Bertz CT molecular complexity index is 1380. The molecule has 0 spiro atoms. The minimum Gasteiger partial charge on any atom is -0.370 e. The minimum absolute atomic E-state index is 0.159. The standard InChI is InChI=1S/C24H22F3N7O/c1-14-9-29-23-18(31-14)8-21(32-22(23)15-2-5-20(28-10-15)24(25,26)27)33-6-7-35-19(13-33)16-11-30-34(12-16)17-3-4-17/h2,5,8-12,17,19H,3-4,6-7,13H2,1H3. The fraction of sp³-hybridized carbons (Fsp3) is 0.375. The van der Waals surface area contributed by atoms with Gasteiger partial charge in [-0.1, -0.05) is 0 Å². The summed E-state index contributed by atoms with van der Waals surface area (Å²) in [6.45, 7) is 3.54. The van der Waals surface area contributed by atoms with Crippen molar-refractivity contribution < 1.29 is 17.9 Å². The number of fused-ring (bicyclic) bond motifs is 1. The molecule has 1 unspecified atom stereocenters. The first kappa shape index (κ1) is 21.9. The van der Waals surface area contributed by atoms with Crippen LogP contribution in [0.3, 0.4) is 0 Å². The summed E-state index contributed by atoms with van der Waals surface area (Å²) in [5.74, 6) is 0.662. The third kappa shape index (κ3) is 4.31. The second-order valence-corrected chi connectivity index (χ2v) is 8.93. The molecule has 0 radical (unpaired) electrons. The fourth-order valence-corrected chi connectivity index (χ4v) is 4.28. The highest BCUT2D eigenvalue weighted by atomic mass is 19.4. The number of hydrogen-bond acceptors (Lipinski definition) is 7. The number of nitrogens with zero attached hydrogens (tertiary/aromatic N) is 7. The first-order valence-electron chi connectivity index (χ1n) is 11.4. The molecule has 2 fully saturated rings. The lowest BCUT2D eigenvalue weighted by molar-refractivity contribution is -0.141. The van der Waals surface area contributed by atoms with Gasteiger partial charge in [-0.25, -0.2) is 9.97 Å². The Balaban J connectivity index is 1.36.